The number of halogens is 3. The third kappa shape index (κ3) is 9.88. The number of para-hydroxylation sites is 1. The van der Waals surface area contributed by atoms with Crippen LogP contribution in [0.3, 0.4) is 0 Å². The van der Waals surface area contributed by atoms with E-state index in [9.17, 15) is 21.6 Å². The number of anilines is 2. The number of carbonyl (C=O) groups is 1. The Morgan fingerprint density at radius 1 is 0.867 bits per heavy atom. The molecule has 3 N–H and O–H groups in total. The summed E-state index contributed by atoms with van der Waals surface area (Å²) in [7, 11) is -1.38. The minimum Gasteiger partial charge on any atom is -0.475 e. The lowest BCUT2D eigenvalue weighted by Crippen LogP contribution is -2.32. The Kier molecular flexibility index (Phi) is 11.3. The van der Waals surface area contributed by atoms with Crippen LogP contribution in [0.5, 0.6) is 0 Å². The maximum absolute atomic E-state index is 12.5. The van der Waals surface area contributed by atoms with Gasteiger partial charge in [-0.05, 0) is 67.3 Å². The van der Waals surface area contributed by atoms with Gasteiger partial charge in [-0.25, -0.2) is 22.9 Å². The van der Waals surface area contributed by atoms with Crippen molar-refractivity contribution in [3.8, 4) is 0 Å². The van der Waals surface area contributed by atoms with Crippen LogP contribution in [-0.2, 0) is 21.4 Å². The maximum Gasteiger partial charge on any atom is 0.490 e. The van der Waals surface area contributed by atoms with Crippen molar-refractivity contribution in [2.45, 2.75) is 43.3 Å². The normalized spacial score (nSPS) is 16.8. The first kappa shape index (κ1) is 33.7. The Bertz CT molecular complexity index is 1650. The molecule has 0 bridgehead atoms. The standard InChI is InChI=1S/C30H35N5O2S.C2HF3O2/c1-35(22-25-10-4-2-5-11-25)29-27-14-8-9-15-28(27)33-30(34-29)31-20-23-16-18-24(19-17-23)21-32-38(36,37)26-12-6-3-7-13-26;3-2(4,5)1(6)7/h2-15,23-24,32H,16-22H2,1H3,(H,31,33,34);(H,6,7). The Labute approximate surface area is 260 Å². The van der Waals surface area contributed by atoms with Crippen molar-refractivity contribution < 1.29 is 31.5 Å². The van der Waals surface area contributed by atoms with Crippen LogP contribution < -0.4 is 14.9 Å². The lowest BCUT2D eigenvalue weighted by Gasteiger charge is -2.29. The number of hydrogen-bond acceptors (Lipinski definition) is 7. The molecule has 0 radical (unpaired) electrons. The van der Waals surface area contributed by atoms with E-state index >= 15 is 0 Å². The third-order valence-corrected chi connectivity index (χ3v) is 9.02. The van der Waals surface area contributed by atoms with Crippen molar-refractivity contribution in [3.05, 3.63) is 90.5 Å². The molecule has 1 aliphatic carbocycles. The molecule has 0 unspecified atom stereocenters. The van der Waals surface area contributed by atoms with E-state index in [2.05, 4.69) is 52.3 Å². The second-order valence-corrected chi connectivity index (χ2v) is 12.7. The summed E-state index contributed by atoms with van der Waals surface area (Å²) >= 11 is 0. The monoisotopic (exact) mass is 643 g/mol. The van der Waals surface area contributed by atoms with Crippen molar-refractivity contribution in [2.24, 2.45) is 11.8 Å². The second kappa shape index (κ2) is 15.2. The molecule has 1 fully saturated rings. The maximum atomic E-state index is 12.5. The predicted octanol–water partition coefficient (Wildman–Crippen LogP) is 6.10. The SMILES string of the molecule is CN(Cc1ccccc1)c1nc(NCC2CCC(CNS(=O)(=O)c3ccccc3)CC2)nc2ccccc12.O=C(O)C(F)(F)F. The number of alkyl halides is 3. The van der Waals surface area contributed by atoms with Crippen LogP contribution in [0.4, 0.5) is 24.9 Å². The van der Waals surface area contributed by atoms with Crippen LogP contribution in [-0.4, -0.2) is 55.8 Å². The van der Waals surface area contributed by atoms with Gasteiger partial charge < -0.3 is 15.3 Å². The number of fused-ring (bicyclic) bond motifs is 1. The molecule has 4 aromatic rings. The van der Waals surface area contributed by atoms with E-state index in [4.69, 9.17) is 19.9 Å². The zero-order valence-corrected chi connectivity index (χ0v) is 25.6. The number of benzene rings is 3. The molecule has 0 spiro atoms. The first-order valence-corrected chi connectivity index (χ1v) is 16.0. The van der Waals surface area contributed by atoms with E-state index < -0.39 is 22.2 Å². The number of rotatable bonds is 10. The predicted molar refractivity (Wildman–Crippen MR) is 167 cm³/mol. The highest BCUT2D eigenvalue weighted by Crippen LogP contribution is 2.30. The lowest BCUT2D eigenvalue weighted by molar-refractivity contribution is -0.192. The molecule has 0 atom stereocenters. The number of nitrogens with zero attached hydrogens (tertiary/aromatic N) is 3. The smallest absolute Gasteiger partial charge is 0.475 e. The number of carboxylic acid groups (broad SMARTS) is 1. The number of sulfonamides is 1. The molecule has 240 valence electrons. The molecular weight excluding hydrogens is 607 g/mol. The average molecular weight is 644 g/mol. The quantitative estimate of drug-likeness (QED) is 0.190. The van der Waals surface area contributed by atoms with Crippen molar-refractivity contribution in [3.63, 3.8) is 0 Å². The molecule has 0 saturated heterocycles. The average Bonchev–Trinajstić information content (AvgIpc) is 3.03. The molecule has 1 aromatic heterocycles. The lowest BCUT2D eigenvalue weighted by atomic mass is 9.82. The van der Waals surface area contributed by atoms with E-state index in [1.165, 1.54) is 5.56 Å². The summed E-state index contributed by atoms with van der Waals surface area (Å²) in [5, 5.41) is 11.7. The highest BCUT2D eigenvalue weighted by Gasteiger charge is 2.38. The van der Waals surface area contributed by atoms with E-state index in [1.807, 2.05) is 30.3 Å². The molecule has 13 heteroatoms. The number of nitrogens with one attached hydrogen (secondary N) is 2. The molecule has 3 aromatic carbocycles. The van der Waals surface area contributed by atoms with Crippen LogP contribution in [0.25, 0.3) is 10.9 Å². The van der Waals surface area contributed by atoms with Gasteiger partial charge in [-0.1, -0.05) is 60.7 Å². The summed E-state index contributed by atoms with van der Waals surface area (Å²) in [4.78, 5) is 21.1. The van der Waals surface area contributed by atoms with Gasteiger partial charge in [0, 0.05) is 32.1 Å². The van der Waals surface area contributed by atoms with Crippen molar-refractivity contribution in [1.82, 2.24) is 14.7 Å². The van der Waals surface area contributed by atoms with Gasteiger partial charge in [0.05, 0.1) is 10.4 Å². The molecule has 0 amide bonds. The fourth-order valence-corrected chi connectivity index (χ4v) is 6.29. The van der Waals surface area contributed by atoms with Crippen LogP contribution in [0.1, 0.15) is 31.2 Å². The largest absolute Gasteiger partial charge is 0.490 e. The van der Waals surface area contributed by atoms with Gasteiger partial charge >= 0.3 is 12.1 Å². The van der Waals surface area contributed by atoms with Gasteiger partial charge in [0.1, 0.15) is 5.82 Å². The van der Waals surface area contributed by atoms with Gasteiger partial charge in [-0.15, -0.1) is 0 Å². The fraction of sp³-hybridized carbons (Fsp3) is 0.344. The molecule has 1 heterocycles. The van der Waals surface area contributed by atoms with Gasteiger partial charge in [0.15, 0.2) is 0 Å². The van der Waals surface area contributed by atoms with E-state index in [0.717, 1.165) is 55.5 Å². The van der Waals surface area contributed by atoms with E-state index in [-0.39, 0.29) is 0 Å². The highest BCUT2D eigenvalue weighted by atomic mass is 32.2. The van der Waals surface area contributed by atoms with Crippen LogP contribution in [0.2, 0.25) is 0 Å². The molecule has 5 rings (SSSR count). The summed E-state index contributed by atoms with van der Waals surface area (Å²) in [6, 6.07) is 27.1. The molecule has 9 nitrogen and oxygen atoms in total. The minimum absolute atomic E-state index is 0.321. The van der Waals surface area contributed by atoms with Crippen molar-refractivity contribution in [1.29, 1.82) is 0 Å². The highest BCUT2D eigenvalue weighted by molar-refractivity contribution is 7.89. The first-order valence-electron chi connectivity index (χ1n) is 14.5. The summed E-state index contributed by atoms with van der Waals surface area (Å²) in [5.74, 6) is -0.322. The number of hydrogen-bond donors (Lipinski definition) is 3. The Balaban J connectivity index is 0.000000591. The topological polar surface area (TPSA) is 125 Å². The van der Waals surface area contributed by atoms with Gasteiger partial charge in [0.25, 0.3) is 0 Å². The van der Waals surface area contributed by atoms with Gasteiger partial charge in [-0.2, -0.15) is 18.2 Å². The molecule has 0 aliphatic heterocycles. The minimum atomic E-state index is -5.08. The summed E-state index contributed by atoms with van der Waals surface area (Å²) < 4.78 is 59.6. The van der Waals surface area contributed by atoms with Gasteiger partial charge in [0.2, 0.25) is 16.0 Å². The Morgan fingerprint density at radius 2 is 1.40 bits per heavy atom. The summed E-state index contributed by atoms with van der Waals surface area (Å²) in [6.45, 7) is 2.06. The molecule has 1 saturated carbocycles. The molecule has 45 heavy (non-hydrogen) atoms. The molecule has 1 aliphatic rings. The van der Waals surface area contributed by atoms with Crippen molar-refractivity contribution in [2.75, 3.05) is 30.4 Å². The zero-order valence-electron chi connectivity index (χ0n) is 24.7. The first-order chi connectivity index (χ1) is 21.4. The van der Waals surface area contributed by atoms with Crippen LogP contribution in [0.15, 0.2) is 89.8 Å². The molecular formula is C32H36F3N5O4S. The van der Waals surface area contributed by atoms with Gasteiger partial charge in [-0.3, -0.25) is 0 Å². The summed E-state index contributed by atoms with van der Waals surface area (Å²) in [6.07, 6.45) is -0.960. The zero-order chi connectivity index (χ0) is 32.5. The summed E-state index contributed by atoms with van der Waals surface area (Å²) in [5.41, 5.74) is 2.16. The van der Waals surface area contributed by atoms with Crippen LogP contribution >= 0.6 is 0 Å². The second-order valence-electron chi connectivity index (χ2n) is 11.0. The Morgan fingerprint density at radius 3 is 2.00 bits per heavy atom. The van der Waals surface area contributed by atoms with Crippen molar-refractivity contribution >= 4 is 38.7 Å². The van der Waals surface area contributed by atoms with Crippen LogP contribution in [0, 0.1) is 11.8 Å². The van der Waals surface area contributed by atoms with E-state index in [1.54, 1.807) is 24.3 Å². The van der Waals surface area contributed by atoms with E-state index in [0.29, 0.717) is 29.2 Å². The Hall–Kier alpha value is -4.23. The fourth-order valence-electron chi connectivity index (χ4n) is 5.15. The number of aliphatic carboxylic acids is 1. The third-order valence-electron chi connectivity index (χ3n) is 7.58. The number of aromatic nitrogens is 2. The number of carboxylic acids is 1.